The van der Waals surface area contributed by atoms with Gasteiger partial charge in [-0.1, -0.05) is 31.2 Å². The van der Waals surface area contributed by atoms with Crippen molar-refractivity contribution in [2.24, 2.45) is 0 Å². The van der Waals surface area contributed by atoms with Crippen LogP contribution in [0.5, 0.6) is 0 Å². The van der Waals surface area contributed by atoms with E-state index in [0.717, 1.165) is 26.1 Å². The van der Waals surface area contributed by atoms with E-state index in [1.54, 1.807) is 7.11 Å². The first-order valence-electron chi connectivity index (χ1n) is 7.49. The lowest BCUT2D eigenvalue weighted by atomic mass is 10.1. The lowest BCUT2D eigenvalue weighted by Gasteiger charge is -2.22. The van der Waals surface area contributed by atoms with Gasteiger partial charge in [-0.15, -0.1) is 0 Å². The number of hydrogen-bond acceptors (Lipinski definition) is 3. The van der Waals surface area contributed by atoms with Crippen LogP contribution in [0.2, 0.25) is 0 Å². The molecule has 3 heteroatoms. The number of ether oxygens (including phenoxy) is 2. The zero-order valence-electron chi connectivity index (χ0n) is 13.4. The SMILES string of the molecule is CCCNCc1ccc(COCCC(C)(C)OC)cc1. The molecular formula is C17H29NO2. The first-order chi connectivity index (χ1) is 9.57. The Morgan fingerprint density at radius 2 is 1.75 bits per heavy atom. The molecule has 0 spiro atoms. The highest BCUT2D eigenvalue weighted by Crippen LogP contribution is 2.13. The zero-order chi connectivity index (χ0) is 14.8. The van der Waals surface area contributed by atoms with Gasteiger partial charge in [-0.25, -0.2) is 0 Å². The smallest absolute Gasteiger partial charge is 0.0716 e. The van der Waals surface area contributed by atoms with Crippen molar-refractivity contribution in [1.29, 1.82) is 0 Å². The second-order valence-electron chi connectivity index (χ2n) is 5.76. The largest absolute Gasteiger partial charge is 0.379 e. The molecule has 1 aromatic rings. The van der Waals surface area contributed by atoms with Crippen LogP contribution in [0.15, 0.2) is 24.3 Å². The third-order valence-electron chi connectivity index (χ3n) is 3.45. The number of methoxy groups -OCH3 is 1. The third-order valence-corrected chi connectivity index (χ3v) is 3.45. The van der Waals surface area contributed by atoms with Crippen molar-refractivity contribution < 1.29 is 9.47 Å². The monoisotopic (exact) mass is 279 g/mol. The summed E-state index contributed by atoms with van der Waals surface area (Å²) in [5.41, 5.74) is 2.44. The molecule has 1 aromatic carbocycles. The number of nitrogens with one attached hydrogen (secondary N) is 1. The van der Waals surface area contributed by atoms with Gasteiger partial charge in [-0.05, 0) is 44.4 Å². The molecule has 0 atom stereocenters. The fourth-order valence-corrected chi connectivity index (χ4v) is 1.77. The van der Waals surface area contributed by atoms with Gasteiger partial charge in [-0.2, -0.15) is 0 Å². The van der Waals surface area contributed by atoms with Crippen molar-refractivity contribution in [3.63, 3.8) is 0 Å². The second kappa shape index (κ2) is 9.11. The van der Waals surface area contributed by atoms with Crippen LogP contribution in [0.3, 0.4) is 0 Å². The van der Waals surface area contributed by atoms with Gasteiger partial charge in [0.2, 0.25) is 0 Å². The topological polar surface area (TPSA) is 30.5 Å². The van der Waals surface area contributed by atoms with Crippen LogP contribution in [0.1, 0.15) is 44.7 Å². The van der Waals surface area contributed by atoms with E-state index in [4.69, 9.17) is 9.47 Å². The van der Waals surface area contributed by atoms with E-state index in [0.29, 0.717) is 6.61 Å². The van der Waals surface area contributed by atoms with E-state index in [1.165, 1.54) is 17.5 Å². The lowest BCUT2D eigenvalue weighted by Crippen LogP contribution is -2.24. The molecule has 0 bridgehead atoms. The minimum atomic E-state index is -0.102. The summed E-state index contributed by atoms with van der Waals surface area (Å²) in [6, 6.07) is 8.62. The molecule has 0 radical (unpaired) electrons. The van der Waals surface area contributed by atoms with Crippen LogP contribution in [0, 0.1) is 0 Å². The van der Waals surface area contributed by atoms with Crippen molar-refractivity contribution in [3.05, 3.63) is 35.4 Å². The van der Waals surface area contributed by atoms with Gasteiger partial charge in [0.15, 0.2) is 0 Å². The summed E-state index contributed by atoms with van der Waals surface area (Å²) in [5.74, 6) is 0. The van der Waals surface area contributed by atoms with E-state index >= 15 is 0 Å². The van der Waals surface area contributed by atoms with E-state index < -0.39 is 0 Å². The summed E-state index contributed by atoms with van der Waals surface area (Å²) >= 11 is 0. The summed E-state index contributed by atoms with van der Waals surface area (Å²) in [6.07, 6.45) is 2.08. The van der Waals surface area contributed by atoms with Crippen molar-refractivity contribution >= 4 is 0 Å². The molecule has 0 unspecified atom stereocenters. The second-order valence-corrected chi connectivity index (χ2v) is 5.76. The fourth-order valence-electron chi connectivity index (χ4n) is 1.77. The fraction of sp³-hybridized carbons (Fsp3) is 0.647. The molecule has 20 heavy (non-hydrogen) atoms. The maximum absolute atomic E-state index is 5.70. The summed E-state index contributed by atoms with van der Waals surface area (Å²) in [7, 11) is 1.74. The molecule has 114 valence electrons. The van der Waals surface area contributed by atoms with Crippen molar-refractivity contribution in [3.8, 4) is 0 Å². The highest BCUT2D eigenvalue weighted by molar-refractivity contribution is 5.21. The zero-order valence-corrected chi connectivity index (χ0v) is 13.4. The van der Waals surface area contributed by atoms with E-state index in [1.807, 2.05) is 0 Å². The predicted octanol–water partition coefficient (Wildman–Crippen LogP) is 3.52. The molecule has 1 N–H and O–H groups in total. The maximum atomic E-state index is 5.70. The summed E-state index contributed by atoms with van der Waals surface area (Å²) < 4.78 is 11.1. The molecular weight excluding hydrogens is 250 g/mol. The van der Waals surface area contributed by atoms with Crippen LogP contribution in [0.4, 0.5) is 0 Å². The molecule has 0 aromatic heterocycles. The molecule has 0 saturated heterocycles. The molecule has 0 aliphatic heterocycles. The van der Waals surface area contributed by atoms with Crippen LogP contribution >= 0.6 is 0 Å². The minimum Gasteiger partial charge on any atom is -0.379 e. The highest BCUT2D eigenvalue weighted by atomic mass is 16.5. The average Bonchev–Trinajstić information content (AvgIpc) is 2.45. The number of hydrogen-bond donors (Lipinski definition) is 1. The molecule has 0 amide bonds. The minimum absolute atomic E-state index is 0.102. The molecule has 0 fully saturated rings. The van der Waals surface area contributed by atoms with Crippen molar-refractivity contribution in [1.82, 2.24) is 5.32 Å². The molecule has 0 saturated carbocycles. The van der Waals surface area contributed by atoms with Crippen LogP contribution in [-0.2, 0) is 22.6 Å². The molecule has 3 nitrogen and oxygen atoms in total. The Morgan fingerprint density at radius 1 is 1.10 bits per heavy atom. The van der Waals surface area contributed by atoms with Gasteiger partial charge < -0.3 is 14.8 Å². The molecule has 0 aliphatic rings. The normalized spacial score (nSPS) is 11.8. The Labute approximate surface area is 123 Å². The third kappa shape index (κ3) is 7.04. The van der Waals surface area contributed by atoms with Crippen LogP contribution < -0.4 is 5.32 Å². The van der Waals surface area contributed by atoms with E-state index in [2.05, 4.69) is 50.4 Å². The van der Waals surface area contributed by atoms with E-state index in [-0.39, 0.29) is 5.60 Å². The van der Waals surface area contributed by atoms with Gasteiger partial charge in [0.25, 0.3) is 0 Å². The quantitative estimate of drug-likeness (QED) is 0.665. The molecule has 0 aliphatic carbocycles. The Hall–Kier alpha value is -0.900. The predicted molar refractivity (Wildman–Crippen MR) is 83.8 cm³/mol. The first-order valence-corrected chi connectivity index (χ1v) is 7.49. The van der Waals surface area contributed by atoms with Crippen LogP contribution in [0.25, 0.3) is 0 Å². The van der Waals surface area contributed by atoms with Gasteiger partial charge in [-0.3, -0.25) is 0 Å². The van der Waals surface area contributed by atoms with Gasteiger partial charge >= 0.3 is 0 Å². The Balaban J connectivity index is 2.24. The van der Waals surface area contributed by atoms with Gasteiger partial charge in [0.1, 0.15) is 0 Å². The number of benzene rings is 1. The van der Waals surface area contributed by atoms with Gasteiger partial charge in [0.05, 0.1) is 12.2 Å². The van der Waals surface area contributed by atoms with Crippen LogP contribution in [-0.4, -0.2) is 25.9 Å². The maximum Gasteiger partial charge on any atom is 0.0716 e. The Kier molecular flexibility index (Phi) is 7.82. The highest BCUT2D eigenvalue weighted by Gasteiger charge is 2.15. The molecule has 0 heterocycles. The summed E-state index contributed by atoms with van der Waals surface area (Å²) in [6.45, 7) is 9.74. The van der Waals surface area contributed by atoms with Crippen molar-refractivity contribution in [2.75, 3.05) is 20.3 Å². The molecule has 1 rings (SSSR count). The number of rotatable bonds is 10. The Bertz CT molecular complexity index is 360. The van der Waals surface area contributed by atoms with Crippen molar-refractivity contribution in [2.45, 2.75) is 52.4 Å². The lowest BCUT2D eigenvalue weighted by molar-refractivity contribution is -0.0124. The Morgan fingerprint density at radius 3 is 2.35 bits per heavy atom. The van der Waals surface area contributed by atoms with E-state index in [9.17, 15) is 0 Å². The average molecular weight is 279 g/mol. The summed E-state index contributed by atoms with van der Waals surface area (Å²) in [5, 5.41) is 3.40. The standard InChI is InChI=1S/C17H29NO2/c1-5-11-18-13-15-6-8-16(9-7-15)14-20-12-10-17(2,3)19-4/h6-9,18H,5,10-14H2,1-4H3. The first kappa shape index (κ1) is 17.2. The summed E-state index contributed by atoms with van der Waals surface area (Å²) in [4.78, 5) is 0. The van der Waals surface area contributed by atoms with Gasteiger partial charge in [0, 0.05) is 20.3 Å².